The summed E-state index contributed by atoms with van der Waals surface area (Å²) in [6.07, 6.45) is 2.11. The molecule has 19 heavy (non-hydrogen) atoms. The van der Waals surface area contributed by atoms with Crippen LogP contribution in [-0.2, 0) is 9.53 Å². The zero-order chi connectivity index (χ0) is 14.9. The Bertz CT molecular complexity index is 257. The SMILES string of the molecule is CCNC(C)(CN(CCOC)C(CC)CC)C(N)=O. The van der Waals surface area contributed by atoms with E-state index in [1.165, 1.54) is 0 Å². The lowest BCUT2D eigenvalue weighted by atomic mass is 9.98. The van der Waals surface area contributed by atoms with E-state index in [2.05, 4.69) is 24.1 Å². The molecule has 0 aromatic carbocycles. The van der Waals surface area contributed by atoms with Gasteiger partial charge in [-0.1, -0.05) is 20.8 Å². The van der Waals surface area contributed by atoms with E-state index in [0.29, 0.717) is 19.2 Å². The van der Waals surface area contributed by atoms with Crippen LogP contribution in [0.3, 0.4) is 0 Å². The van der Waals surface area contributed by atoms with Crippen molar-refractivity contribution in [1.82, 2.24) is 10.2 Å². The molecule has 1 amide bonds. The number of amides is 1. The summed E-state index contributed by atoms with van der Waals surface area (Å²) >= 11 is 0. The largest absolute Gasteiger partial charge is 0.383 e. The molecule has 1 atom stereocenters. The Morgan fingerprint density at radius 3 is 2.32 bits per heavy atom. The van der Waals surface area contributed by atoms with Crippen LogP contribution in [0.2, 0.25) is 0 Å². The summed E-state index contributed by atoms with van der Waals surface area (Å²) in [4.78, 5) is 14.0. The van der Waals surface area contributed by atoms with Crippen molar-refractivity contribution >= 4 is 5.91 Å². The number of primary amides is 1. The van der Waals surface area contributed by atoms with Crippen LogP contribution in [0.1, 0.15) is 40.5 Å². The normalized spacial score (nSPS) is 14.9. The molecule has 5 heteroatoms. The molecule has 5 nitrogen and oxygen atoms in total. The number of rotatable bonds is 11. The van der Waals surface area contributed by atoms with Crippen molar-refractivity contribution in [2.75, 3.05) is 33.4 Å². The number of likely N-dealkylation sites (N-methyl/N-ethyl adjacent to an activating group) is 1. The van der Waals surface area contributed by atoms with Crippen molar-refractivity contribution in [2.24, 2.45) is 5.73 Å². The number of hydrogen-bond acceptors (Lipinski definition) is 4. The molecule has 0 bridgehead atoms. The summed E-state index contributed by atoms with van der Waals surface area (Å²) < 4.78 is 5.17. The zero-order valence-corrected chi connectivity index (χ0v) is 13.2. The Kier molecular flexibility index (Phi) is 8.97. The molecule has 0 heterocycles. The average molecular weight is 273 g/mol. The molecule has 0 radical (unpaired) electrons. The number of nitrogens with zero attached hydrogens (tertiary/aromatic N) is 1. The van der Waals surface area contributed by atoms with Gasteiger partial charge in [-0.15, -0.1) is 0 Å². The third-order valence-corrected chi connectivity index (χ3v) is 3.67. The lowest BCUT2D eigenvalue weighted by molar-refractivity contribution is -0.125. The van der Waals surface area contributed by atoms with Crippen molar-refractivity contribution in [2.45, 2.75) is 52.1 Å². The topological polar surface area (TPSA) is 67.6 Å². The number of nitrogens with one attached hydrogen (secondary N) is 1. The summed E-state index contributed by atoms with van der Waals surface area (Å²) in [5, 5.41) is 3.21. The summed E-state index contributed by atoms with van der Waals surface area (Å²) in [7, 11) is 1.70. The standard InChI is InChI=1S/C14H31N3O2/c1-6-12(7-2)17(9-10-19-5)11-14(4,13(15)18)16-8-3/h12,16H,6-11H2,1-5H3,(H2,15,18). The van der Waals surface area contributed by atoms with Gasteiger partial charge in [0.15, 0.2) is 0 Å². The molecule has 0 saturated heterocycles. The van der Waals surface area contributed by atoms with E-state index in [4.69, 9.17) is 10.5 Å². The monoisotopic (exact) mass is 273 g/mol. The Balaban J connectivity index is 4.88. The average Bonchev–Trinajstić information content (AvgIpc) is 2.37. The minimum absolute atomic E-state index is 0.303. The van der Waals surface area contributed by atoms with Crippen molar-refractivity contribution in [3.05, 3.63) is 0 Å². The van der Waals surface area contributed by atoms with Crippen LogP contribution in [0.15, 0.2) is 0 Å². The Labute approximate surface area is 117 Å². The second-order valence-corrected chi connectivity index (χ2v) is 5.16. The molecule has 0 fully saturated rings. The first-order valence-electron chi connectivity index (χ1n) is 7.23. The summed E-state index contributed by atoms with van der Waals surface area (Å²) in [6.45, 7) is 11.0. The van der Waals surface area contributed by atoms with Crippen LogP contribution in [0, 0.1) is 0 Å². The molecule has 3 N–H and O–H groups in total. The van der Waals surface area contributed by atoms with Crippen molar-refractivity contribution < 1.29 is 9.53 Å². The lowest BCUT2D eigenvalue weighted by Crippen LogP contribution is -2.61. The maximum Gasteiger partial charge on any atom is 0.238 e. The Morgan fingerprint density at radius 2 is 1.95 bits per heavy atom. The highest BCUT2D eigenvalue weighted by Gasteiger charge is 2.33. The fourth-order valence-corrected chi connectivity index (χ4v) is 2.42. The number of carbonyl (C=O) groups is 1. The van der Waals surface area contributed by atoms with Crippen molar-refractivity contribution in [1.29, 1.82) is 0 Å². The summed E-state index contributed by atoms with van der Waals surface area (Å²) in [5.41, 5.74) is 4.87. The van der Waals surface area contributed by atoms with Gasteiger partial charge < -0.3 is 15.8 Å². The lowest BCUT2D eigenvalue weighted by Gasteiger charge is -2.37. The van der Waals surface area contributed by atoms with Gasteiger partial charge in [-0.3, -0.25) is 9.69 Å². The predicted octanol–water partition coefficient (Wildman–Crippen LogP) is 0.977. The Morgan fingerprint density at radius 1 is 1.37 bits per heavy atom. The van der Waals surface area contributed by atoms with E-state index in [-0.39, 0.29) is 5.91 Å². The first kappa shape index (κ1) is 18.4. The first-order chi connectivity index (χ1) is 8.95. The van der Waals surface area contributed by atoms with Crippen molar-refractivity contribution in [3.8, 4) is 0 Å². The molecular weight excluding hydrogens is 242 g/mol. The maximum absolute atomic E-state index is 11.7. The number of ether oxygens (including phenoxy) is 1. The number of methoxy groups -OCH3 is 1. The van der Waals surface area contributed by atoms with Gasteiger partial charge in [0.2, 0.25) is 5.91 Å². The van der Waals surface area contributed by atoms with Gasteiger partial charge in [0.25, 0.3) is 0 Å². The molecule has 1 unspecified atom stereocenters. The smallest absolute Gasteiger partial charge is 0.238 e. The molecule has 0 aliphatic rings. The molecule has 0 spiro atoms. The zero-order valence-electron chi connectivity index (χ0n) is 13.2. The molecule has 0 saturated carbocycles. The van der Waals surface area contributed by atoms with Gasteiger partial charge in [-0.05, 0) is 26.3 Å². The van der Waals surface area contributed by atoms with Crippen LogP contribution in [0.25, 0.3) is 0 Å². The highest BCUT2D eigenvalue weighted by molar-refractivity contribution is 5.84. The summed E-state index contributed by atoms with van der Waals surface area (Å²) in [6, 6.07) is 0.451. The number of hydrogen-bond donors (Lipinski definition) is 2. The minimum Gasteiger partial charge on any atom is -0.383 e. The van der Waals surface area contributed by atoms with Gasteiger partial charge in [-0.25, -0.2) is 0 Å². The quantitative estimate of drug-likeness (QED) is 0.589. The van der Waals surface area contributed by atoms with E-state index in [1.54, 1.807) is 7.11 Å². The van der Waals surface area contributed by atoms with E-state index in [1.807, 2.05) is 13.8 Å². The van der Waals surface area contributed by atoms with Crippen LogP contribution >= 0.6 is 0 Å². The maximum atomic E-state index is 11.7. The van der Waals surface area contributed by atoms with E-state index >= 15 is 0 Å². The van der Waals surface area contributed by atoms with Gasteiger partial charge in [0, 0.05) is 26.2 Å². The summed E-state index contributed by atoms with van der Waals surface area (Å²) in [5.74, 6) is -0.303. The van der Waals surface area contributed by atoms with E-state index in [0.717, 1.165) is 25.9 Å². The molecule has 0 aromatic rings. The first-order valence-corrected chi connectivity index (χ1v) is 7.23. The van der Waals surface area contributed by atoms with Gasteiger partial charge in [0.1, 0.15) is 5.54 Å². The number of carbonyl (C=O) groups excluding carboxylic acids is 1. The van der Waals surface area contributed by atoms with Crippen LogP contribution < -0.4 is 11.1 Å². The van der Waals surface area contributed by atoms with Gasteiger partial charge in [0.05, 0.1) is 6.61 Å². The minimum atomic E-state index is -0.689. The molecule has 114 valence electrons. The highest BCUT2D eigenvalue weighted by Crippen LogP contribution is 2.14. The van der Waals surface area contributed by atoms with Gasteiger partial charge >= 0.3 is 0 Å². The fraction of sp³-hybridized carbons (Fsp3) is 0.929. The highest BCUT2D eigenvalue weighted by atomic mass is 16.5. The Hall–Kier alpha value is -0.650. The van der Waals surface area contributed by atoms with Crippen LogP contribution in [0.5, 0.6) is 0 Å². The molecular formula is C14H31N3O2. The van der Waals surface area contributed by atoms with E-state index in [9.17, 15) is 4.79 Å². The van der Waals surface area contributed by atoms with Crippen LogP contribution in [0.4, 0.5) is 0 Å². The molecule has 0 aliphatic heterocycles. The third kappa shape index (κ3) is 5.89. The number of nitrogens with two attached hydrogens (primary N) is 1. The predicted molar refractivity (Wildman–Crippen MR) is 79.1 cm³/mol. The molecule has 0 aromatic heterocycles. The molecule has 0 rings (SSSR count). The van der Waals surface area contributed by atoms with Crippen LogP contribution in [-0.4, -0.2) is 55.7 Å². The van der Waals surface area contributed by atoms with Gasteiger partial charge in [-0.2, -0.15) is 0 Å². The van der Waals surface area contributed by atoms with Crippen molar-refractivity contribution in [3.63, 3.8) is 0 Å². The fourth-order valence-electron chi connectivity index (χ4n) is 2.42. The molecule has 0 aliphatic carbocycles. The second-order valence-electron chi connectivity index (χ2n) is 5.16. The second kappa shape index (κ2) is 9.28. The third-order valence-electron chi connectivity index (χ3n) is 3.67. The van der Waals surface area contributed by atoms with E-state index < -0.39 is 5.54 Å².